The van der Waals surface area contributed by atoms with E-state index in [9.17, 15) is 13.6 Å². The van der Waals surface area contributed by atoms with Gasteiger partial charge in [-0.3, -0.25) is 9.00 Å². The van der Waals surface area contributed by atoms with Crippen LogP contribution in [0.1, 0.15) is 5.56 Å². The Balaban J connectivity index is 2.84. The number of hydrogen-bond acceptors (Lipinski definition) is 3. The number of nitrogens with zero attached hydrogens (tertiary/aromatic N) is 1. The summed E-state index contributed by atoms with van der Waals surface area (Å²) in [6.07, 6.45) is 1.52. The fourth-order valence-electron chi connectivity index (χ4n) is 0.904. The number of rotatable bonds is 3. The topological polar surface area (TPSA) is 74.2 Å². The summed E-state index contributed by atoms with van der Waals surface area (Å²) in [5.74, 6) is 0. The molecule has 1 heterocycles. The van der Waals surface area contributed by atoms with Crippen molar-refractivity contribution in [3.8, 4) is 0 Å². The highest BCUT2D eigenvalue weighted by atomic mass is 32.2. The minimum Gasteiger partial charge on any atom is -0.760 e. The maximum Gasteiger partial charge on any atom is 0.254 e. The molecule has 1 aromatic rings. The van der Waals surface area contributed by atoms with Crippen LogP contribution in [0.3, 0.4) is 0 Å². The third kappa shape index (κ3) is 2.76. The zero-order valence-corrected chi connectivity index (χ0v) is 7.84. The third-order valence-corrected chi connectivity index (χ3v) is 1.93. The van der Waals surface area contributed by atoms with Gasteiger partial charge in [-0.05, 0) is 13.0 Å². The van der Waals surface area contributed by atoms with E-state index < -0.39 is 11.3 Å². The van der Waals surface area contributed by atoms with E-state index in [1.807, 2.05) is 0 Å². The summed E-state index contributed by atoms with van der Waals surface area (Å²) >= 11 is -2.34. The lowest BCUT2D eigenvalue weighted by Gasteiger charge is -2.09. The molecule has 0 saturated heterocycles. The van der Waals surface area contributed by atoms with E-state index in [0.717, 1.165) is 0 Å². The number of nitrogens with one attached hydrogen (secondary N) is 1. The van der Waals surface area contributed by atoms with Crippen LogP contribution >= 0.6 is 0 Å². The van der Waals surface area contributed by atoms with Gasteiger partial charge in [-0.15, -0.1) is 0 Å². The Hall–Kier alpha value is -0.980. The first-order valence-corrected chi connectivity index (χ1v) is 4.67. The van der Waals surface area contributed by atoms with E-state index in [2.05, 4.69) is 4.72 Å². The second kappa shape index (κ2) is 4.31. The van der Waals surface area contributed by atoms with Gasteiger partial charge in [0.25, 0.3) is 5.56 Å². The molecule has 6 heteroatoms. The molecule has 0 aromatic carbocycles. The largest absolute Gasteiger partial charge is 0.760 e. The van der Waals surface area contributed by atoms with Gasteiger partial charge in [0.15, 0.2) is 0 Å². The molecular formula is C7H9N2O3S-. The molecule has 13 heavy (non-hydrogen) atoms. The molecule has 1 unspecified atom stereocenters. The van der Waals surface area contributed by atoms with Gasteiger partial charge in [0.05, 0.1) is 6.67 Å². The predicted octanol–water partition coefficient (Wildman–Crippen LogP) is -0.502. The highest BCUT2D eigenvalue weighted by Crippen LogP contribution is 1.87. The molecule has 0 radical (unpaired) electrons. The number of pyridine rings is 1. The standard InChI is InChI=1S/C7H10N2O3S/c1-6-3-2-4-9(7(6)10)5-8-13(11)12/h2-4,8H,5H2,1H3,(H,11,12)/p-1. The van der Waals surface area contributed by atoms with Gasteiger partial charge < -0.3 is 9.12 Å². The van der Waals surface area contributed by atoms with Crippen LogP contribution in [0.15, 0.2) is 23.1 Å². The lowest BCUT2D eigenvalue weighted by Crippen LogP contribution is -2.29. The molecule has 5 nitrogen and oxygen atoms in total. The summed E-state index contributed by atoms with van der Waals surface area (Å²) in [5.41, 5.74) is 0.390. The van der Waals surface area contributed by atoms with Crippen LogP contribution in [0.4, 0.5) is 0 Å². The van der Waals surface area contributed by atoms with Crippen molar-refractivity contribution in [1.82, 2.24) is 9.29 Å². The molecule has 1 atom stereocenters. The maximum atomic E-state index is 11.3. The van der Waals surface area contributed by atoms with Crippen LogP contribution in [-0.2, 0) is 17.9 Å². The van der Waals surface area contributed by atoms with Gasteiger partial charge in [-0.2, -0.15) is 0 Å². The zero-order chi connectivity index (χ0) is 9.84. The summed E-state index contributed by atoms with van der Waals surface area (Å²) in [5, 5.41) is 0. The summed E-state index contributed by atoms with van der Waals surface area (Å²) in [6.45, 7) is 1.64. The van der Waals surface area contributed by atoms with Crippen molar-refractivity contribution < 1.29 is 8.76 Å². The molecule has 1 aromatic heterocycles. The molecule has 0 fully saturated rings. The van der Waals surface area contributed by atoms with Crippen molar-refractivity contribution in [3.63, 3.8) is 0 Å². The Morgan fingerprint density at radius 2 is 2.38 bits per heavy atom. The van der Waals surface area contributed by atoms with Gasteiger partial charge >= 0.3 is 0 Å². The summed E-state index contributed by atoms with van der Waals surface area (Å²) in [6, 6.07) is 3.36. The molecule has 0 amide bonds. The lowest BCUT2D eigenvalue weighted by molar-refractivity contribution is 0.507. The van der Waals surface area contributed by atoms with Crippen molar-refractivity contribution in [1.29, 1.82) is 0 Å². The first-order chi connectivity index (χ1) is 6.11. The third-order valence-electron chi connectivity index (χ3n) is 1.56. The first kappa shape index (κ1) is 10.1. The summed E-state index contributed by atoms with van der Waals surface area (Å²) in [7, 11) is 0. The van der Waals surface area contributed by atoms with Crippen molar-refractivity contribution in [2.24, 2.45) is 0 Å². The van der Waals surface area contributed by atoms with Crippen LogP contribution in [0.5, 0.6) is 0 Å². The Labute approximate surface area is 77.8 Å². The molecule has 1 N–H and O–H groups in total. The van der Waals surface area contributed by atoms with Gasteiger partial charge in [-0.1, -0.05) is 6.07 Å². The Morgan fingerprint density at radius 3 is 3.00 bits per heavy atom. The molecule has 0 spiro atoms. The van der Waals surface area contributed by atoms with Crippen molar-refractivity contribution in [3.05, 3.63) is 34.2 Å². The van der Waals surface area contributed by atoms with Gasteiger partial charge in [0.2, 0.25) is 0 Å². The smallest absolute Gasteiger partial charge is 0.254 e. The number of aromatic nitrogens is 1. The molecule has 72 valence electrons. The minimum atomic E-state index is -2.34. The van der Waals surface area contributed by atoms with E-state index >= 15 is 0 Å². The van der Waals surface area contributed by atoms with E-state index in [0.29, 0.717) is 5.56 Å². The van der Waals surface area contributed by atoms with E-state index in [1.165, 1.54) is 10.8 Å². The lowest BCUT2D eigenvalue weighted by atomic mass is 10.3. The molecule has 0 bridgehead atoms. The quantitative estimate of drug-likeness (QED) is 0.670. The second-order valence-corrected chi connectivity index (χ2v) is 3.26. The maximum absolute atomic E-state index is 11.3. The Kier molecular flexibility index (Phi) is 3.35. The zero-order valence-electron chi connectivity index (χ0n) is 7.02. The van der Waals surface area contributed by atoms with Crippen LogP contribution in [-0.4, -0.2) is 13.3 Å². The Morgan fingerprint density at radius 1 is 1.69 bits per heavy atom. The predicted molar refractivity (Wildman–Crippen MR) is 47.5 cm³/mol. The van der Waals surface area contributed by atoms with Crippen LogP contribution in [0.2, 0.25) is 0 Å². The highest BCUT2D eigenvalue weighted by Gasteiger charge is 1.96. The molecule has 0 aliphatic heterocycles. The minimum absolute atomic E-state index is 0.0311. The molecule has 0 saturated carbocycles. The van der Waals surface area contributed by atoms with E-state index in [4.69, 9.17) is 0 Å². The second-order valence-electron chi connectivity index (χ2n) is 2.50. The fraction of sp³-hybridized carbons (Fsp3) is 0.286. The van der Waals surface area contributed by atoms with Gasteiger partial charge in [0.1, 0.15) is 0 Å². The van der Waals surface area contributed by atoms with Gasteiger partial charge in [0, 0.05) is 23.0 Å². The Bertz CT molecular complexity index is 374. The summed E-state index contributed by atoms with van der Waals surface area (Å²) < 4.78 is 23.7. The highest BCUT2D eigenvalue weighted by molar-refractivity contribution is 7.77. The number of aryl methyl sites for hydroxylation is 1. The fourth-order valence-corrected chi connectivity index (χ4v) is 1.15. The van der Waals surface area contributed by atoms with Gasteiger partial charge in [-0.25, -0.2) is 4.72 Å². The van der Waals surface area contributed by atoms with E-state index in [1.54, 1.807) is 19.1 Å². The average molecular weight is 201 g/mol. The molecule has 0 aliphatic rings. The average Bonchev–Trinajstić information content (AvgIpc) is 2.07. The SMILES string of the molecule is Cc1cccn(CNS(=O)[O-])c1=O. The van der Waals surface area contributed by atoms with Crippen LogP contribution < -0.4 is 10.3 Å². The molecule has 0 aliphatic carbocycles. The molecule has 1 rings (SSSR count). The monoisotopic (exact) mass is 201 g/mol. The van der Waals surface area contributed by atoms with Crippen molar-refractivity contribution in [2.45, 2.75) is 13.6 Å². The summed E-state index contributed by atoms with van der Waals surface area (Å²) in [4.78, 5) is 11.3. The van der Waals surface area contributed by atoms with Crippen molar-refractivity contribution in [2.75, 3.05) is 0 Å². The van der Waals surface area contributed by atoms with Crippen molar-refractivity contribution >= 4 is 11.3 Å². The van der Waals surface area contributed by atoms with Crippen LogP contribution in [0, 0.1) is 6.92 Å². The first-order valence-electron chi connectivity index (χ1n) is 3.60. The number of hydrogen-bond donors (Lipinski definition) is 1. The van der Waals surface area contributed by atoms with E-state index in [-0.39, 0.29) is 12.2 Å². The molecular weight excluding hydrogens is 192 g/mol. The normalized spacial score (nSPS) is 12.8. The van der Waals surface area contributed by atoms with Crippen LogP contribution in [0.25, 0.3) is 0 Å².